The Labute approximate surface area is 156 Å². The zero-order valence-corrected chi connectivity index (χ0v) is 14.3. The highest BCUT2D eigenvalue weighted by Gasteiger charge is 2.34. The number of alkyl halides is 3. The van der Waals surface area contributed by atoms with E-state index in [0.29, 0.717) is 24.4 Å². The second-order valence-corrected chi connectivity index (χ2v) is 6.27. The van der Waals surface area contributed by atoms with Crippen LogP contribution in [0.5, 0.6) is 17.5 Å². The number of benzene rings is 1. The molecule has 2 aromatic heterocycles. The summed E-state index contributed by atoms with van der Waals surface area (Å²) in [7, 11) is 0. The van der Waals surface area contributed by atoms with Crippen molar-refractivity contribution in [3.05, 3.63) is 48.3 Å². The highest BCUT2D eigenvalue weighted by atomic mass is 19.4. The Hall–Kier alpha value is -3.30. The number of hydrogen-bond acceptors (Lipinski definition) is 7. The maximum absolute atomic E-state index is 12.7. The fraction of sp³-hybridized carbons (Fsp3) is 0.278. The molecule has 0 spiro atoms. The third kappa shape index (κ3) is 4.00. The summed E-state index contributed by atoms with van der Waals surface area (Å²) in [6, 6.07) is 6.11. The van der Waals surface area contributed by atoms with Gasteiger partial charge >= 0.3 is 6.18 Å². The Morgan fingerprint density at radius 3 is 2.46 bits per heavy atom. The lowest BCUT2D eigenvalue weighted by Crippen LogP contribution is -2.41. The third-order valence-electron chi connectivity index (χ3n) is 4.18. The lowest BCUT2D eigenvalue weighted by atomic mass is 9.92. The quantitative estimate of drug-likeness (QED) is 0.704. The molecule has 1 N–H and O–H groups in total. The van der Waals surface area contributed by atoms with Gasteiger partial charge in [0.05, 0.1) is 24.0 Å². The molecule has 7 nitrogen and oxygen atoms in total. The lowest BCUT2D eigenvalue weighted by Gasteiger charge is -2.35. The second kappa shape index (κ2) is 7.02. The highest BCUT2D eigenvalue weighted by Crippen LogP contribution is 2.34. The van der Waals surface area contributed by atoms with Crippen molar-refractivity contribution in [2.45, 2.75) is 31.2 Å². The molecule has 0 bridgehead atoms. The first-order chi connectivity index (χ1) is 13.4. The van der Waals surface area contributed by atoms with E-state index in [0.717, 1.165) is 12.1 Å². The van der Waals surface area contributed by atoms with E-state index >= 15 is 0 Å². The molecule has 1 saturated carbocycles. The molecule has 28 heavy (non-hydrogen) atoms. The number of rotatable bonds is 5. The SMILES string of the molecule is Oc1cc(-c2cnc(O[C@H]3C[C@@H](Oc4cccc(C(F)(F)F)c4)C3)cn2)on1. The zero-order chi connectivity index (χ0) is 19.7. The molecular formula is C18H14F3N3O4. The minimum absolute atomic E-state index is 0.162. The maximum Gasteiger partial charge on any atom is 0.416 e. The van der Waals surface area contributed by atoms with E-state index in [-0.39, 0.29) is 29.6 Å². The van der Waals surface area contributed by atoms with E-state index in [1.54, 1.807) is 0 Å². The molecule has 0 radical (unpaired) electrons. The fourth-order valence-electron chi connectivity index (χ4n) is 2.71. The summed E-state index contributed by atoms with van der Waals surface area (Å²) in [5, 5.41) is 12.5. The summed E-state index contributed by atoms with van der Waals surface area (Å²) in [6.45, 7) is 0. The number of nitrogens with zero attached hydrogens (tertiary/aromatic N) is 3. The normalized spacial score (nSPS) is 19.1. The van der Waals surface area contributed by atoms with Crippen LogP contribution in [0.3, 0.4) is 0 Å². The van der Waals surface area contributed by atoms with Crippen LogP contribution in [0.15, 0.2) is 47.2 Å². The average molecular weight is 393 g/mol. The van der Waals surface area contributed by atoms with Crippen LogP contribution < -0.4 is 9.47 Å². The van der Waals surface area contributed by atoms with Crippen LogP contribution in [-0.2, 0) is 6.18 Å². The standard InChI is InChI=1S/C18H14F3N3O4/c19-18(20,21)10-2-1-3-11(4-10)26-12-5-13(6-12)27-17-9-22-14(8-23-17)15-7-16(25)24-28-15/h1-4,7-9,12-13H,5-6H2,(H,24,25)/t12-,13+. The molecule has 146 valence electrons. The first-order valence-electron chi connectivity index (χ1n) is 8.35. The van der Waals surface area contributed by atoms with Crippen molar-refractivity contribution in [2.75, 3.05) is 0 Å². The first-order valence-corrected chi connectivity index (χ1v) is 8.35. The molecule has 0 atom stereocenters. The molecule has 1 aromatic carbocycles. The number of halogens is 3. The molecule has 0 saturated heterocycles. The van der Waals surface area contributed by atoms with E-state index in [4.69, 9.17) is 19.1 Å². The van der Waals surface area contributed by atoms with E-state index in [2.05, 4.69) is 15.1 Å². The molecule has 1 aliphatic rings. The summed E-state index contributed by atoms with van der Waals surface area (Å²) in [5.74, 6) is 0.501. The van der Waals surface area contributed by atoms with Crippen LogP contribution in [0.4, 0.5) is 13.2 Å². The predicted octanol–water partition coefficient (Wildman–Crippen LogP) is 3.84. The van der Waals surface area contributed by atoms with Crippen LogP contribution in [0.2, 0.25) is 0 Å². The molecule has 2 heterocycles. The van der Waals surface area contributed by atoms with Crippen molar-refractivity contribution >= 4 is 0 Å². The first kappa shape index (κ1) is 18.1. The zero-order valence-electron chi connectivity index (χ0n) is 14.3. The summed E-state index contributed by atoms with van der Waals surface area (Å²) in [4.78, 5) is 8.24. The van der Waals surface area contributed by atoms with Gasteiger partial charge in [-0.2, -0.15) is 13.2 Å². The summed E-state index contributed by atoms with van der Waals surface area (Å²) >= 11 is 0. The summed E-state index contributed by atoms with van der Waals surface area (Å²) in [5.41, 5.74) is -0.355. The molecule has 10 heteroatoms. The molecule has 0 aliphatic heterocycles. The van der Waals surface area contributed by atoms with Gasteiger partial charge < -0.3 is 19.1 Å². The molecule has 3 aromatic rings. The van der Waals surface area contributed by atoms with Gasteiger partial charge in [-0.15, -0.1) is 0 Å². The Bertz CT molecular complexity index is 953. The van der Waals surface area contributed by atoms with Crippen molar-refractivity contribution in [2.24, 2.45) is 0 Å². The van der Waals surface area contributed by atoms with Gasteiger partial charge in [-0.3, -0.25) is 0 Å². The van der Waals surface area contributed by atoms with Crippen LogP contribution in [-0.4, -0.2) is 32.4 Å². The van der Waals surface area contributed by atoms with E-state index in [1.165, 1.54) is 30.6 Å². The van der Waals surface area contributed by atoms with Crippen molar-refractivity contribution in [1.29, 1.82) is 0 Å². The van der Waals surface area contributed by atoms with Crippen molar-refractivity contribution < 1.29 is 32.3 Å². The predicted molar refractivity (Wildman–Crippen MR) is 88.7 cm³/mol. The summed E-state index contributed by atoms with van der Waals surface area (Å²) in [6.07, 6.45) is -0.908. The monoisotopic (exact) mass is 393 g/mol. The van der Waals surface area contributed by atoms with Gasteiger partial charge in [0.25, 0.3) is 5.88 Å². The van der Waals surface area contributed by atoms with Gasteiger partial charge in [-0.1, -0.05) is 6.07 Å². The van der Waals surface area contributed by atoms with Gasteiger partial charge in [0, 0.05) is 12.8 Å². The number of aromatic nitrogens is 3. The largest absolute Gasteiger partial charge is 0.491 e. The lowest BCUT2D eigenvalue weighted by molar-refractivity contribution is -0.137. The van der Waals surface area contributed by atoms with Gasteiger partial charge in [0.2, 0.25) is 5.88 Å². The van der Waals surface area contributed by atoms with Gasteiger partial charge in [-0.05, 0) is 23.4 Å². The van der Waals surface area contributed by atoms with Gasteiger partial charge in [0.1, 0.15) is 23.7 Å². The number of aromatic hydroxyl groups is 1. The van der Waals surface area contributed by atoms with Gasteiger partial charge in [0.15, 0.2) is 5.76 Å². The van der Waals surface area contributed by atoms with E-state index in [1.807, 2.05) is 0 Å². The molecule has 1 aliphatic carbocycles. The van der Waals surface area contributed by atoms with Crippen LogP contribution in [0, 0.1) is 0 Å². The Balaban J connectivity index is 1.29. The molecule has 0 amide bonds. The van der Waals surface area contributed by atoms with Gasteiger partial charge in [-0.25, -0.2) is 9.97 Å². The van der Waals surface area contributed by atoms with Crippen molar-refractivity contribution in [3.63, 3.8) is 0 Å². The van der Waals surface area contributed by atoms with E-state index < -0.39 is 11.7 Å². The van der Waals surface area contributed by atoms with Crippen molar-refractivity contribution in [1.82, 2.24) is 15.1 Å². The smallest absolute Gasteiger partial charge is 0.416 e. The summed E-state index contributed by atoms with van der Waals surface area (Å²) < 4.78 is 54.3. The minimum atomic E-state index is -4.40. The van der Waals surface area contributed by atoms with Crippen LogP contribution in [0.25, 0.3) is 11.5 Å². The number of hydrogen-bond donors (Lipinski definition) is 1. The molecule has 0 unspecified atom stereocenters. The van der Waals surface area contributed by atoms with E-state index in [9.17, 15) is 13.2 Å². The topological polar surface area (TPSA) is 90.5 Å². The highest BCUT2D eigenvalue weighted by molar-refractivity contribution is 5.51. The Kier molecular flexibility index (Phi) is 4.54. The molecule has 1 fully saturated rings. The maximum atomic E-state index is 12.7. The third-order valence-corrected chi connectivity index (χ3v) is 4.18. The van der Waals surface area contributed by atoms with Crippen LogP contribution in [0.1, 0.15) is 18.4 Å². The fourth-order valence-corrected chi connectivity index (χ4v) is 2.71. The Morgan fingerprint density at radius 2 is 1.82 bits per heavy atom. The minimum Gasteiger partial charge on any atom is -0.491 e. The average Bonchev–Trinajstić information content (AvgIpc) is 3.06. The molecule has 4 rings (SSSR count). The van der Waals surface area contributed by atoms with Crippen molar-refractivity contribution in [3.8, 4) is 29.0 Å². The second-order valence-electron chi connectivity index (χ2n) is 6.27. The Morgan fingerprint density at radius 1 is 1.04 bits per heavy atom. The number of ether oxygens (including phenoxy) is 2. The molecular weight excluding hydrogens is 379 g/mol. The van der Waals surface area contributed by atoms with Crippen LogP contribution >= 0.6 is 0 Å².